The van der Waals surface area contributed by atoms with E-state index in [1.165, 1.54) is 38.1 Å². The molecular formula is C25H25NO7S2. The fraction of sp³-hybridized carbons (Fsp3) is 0.240. The topological polar surface area (TPSA) is 111 Å². The van der Waals surface area contributed by atoms with Gasteiger partial charge in [0.25, 0.3) is 0 Å². The first-order chi connectivity index (χ1) is 16.8. The van der Waals surface area contributed by atoms with Gasteiger partial charge in [-0.15, -0.1) is 11.8 Å². The number of benzene rings is 3. The maximum absolute atomic E-state index is 13.0. The number of carboxylic acids is 1. The highest BCUT2D eigenvalue weighted by atomic mass is 32.2. The van der Waals surface area contributed by atoms with Gasteiger partial charge in [-0.2, -0.15) is 0 Å². The Hall–Kier alpha value is -3.21. The van der Waals surface area contributed by atoms with E-state index < -0.39 is 16.0 Å². The molecule has 1 aliphatic rings. The average Bonchev–Trinajstić information content (AvgIpc) is 3.02. The summed E-state index contributed by atoms with van der Waals surface area (Å²) in [6.45, 7) is 0.524. The fourth-order valence-corrected chi connectivity index (χ4v) is 6.44. The van der Waals surface area contributed by atoms with E-state index in [0.717, 1.165) is 16.7 Å². The van der Waals surface area contributed by atoms with E-state index in [4.69, 9.17) is 14.2 Å². The SMILES string of the molecule is COc1ccc(OC)c(S(=O)(=O)NCCSC2c3ccccc3COc3ccc(C(=O)O)cc32)c1. The van der Waals surface area contributed by atoms with E-state index in [2.05, 4.69) is 4.72 Å². The van der Waals surface area contributed by atoms with Gasteiger partial charge >= 0.3 is 5.97 Å². The summed E-state index contributed by atoms with van der Waals surface area (Å²) in [5.41, 5.74) is 2.93. The number of carboxylic acid groups (broad SMARTS) is 1. The van der Waals surface area contributed by atoms with Crippen molar-refractivity contribution >= 4 is 27.8 Å². The highest BCUT2D eigenvalue weighted by Crippen LogP contribution is 2.44. The molecule has 2 N–H and O–H groups in total. The second-order valence-corrected chi connectivity index (χ2v) is 10.7. The molecule has 1 aliphatic heterocycles. The molecule has 0 bridgehead atoms. The Morgan fingerprint density at radius 1 is 1.09 bits per heavy atom. The minimum Gasteiger partial charge on any atom is -0.497 e. The van der Waals surface area contributed by atoms with Crippen LogP contribution in [0, 0.1) is 0 Å². The summed E-state index contributed by atoms with van der Waals surface area (Å²) in [4.78, 5) is 11.6. The lowest BCUT2D eigenvalue weighted by Gasteiger charge is -2.19. The Labute approximate surface area is 208 Å². The summed E-state index contributed by atoms with van der Waals surface area (Å²) in [7, 11) is -0.985. The van der Waals surface area contributed by atoms with Gasteiger partial charge in [0, 0.05) is 23.9 Å². The third-order valence-electron chi connectivity index (χ3n) is 5.60. The van der Waals surface area contributed by atoms with Gasteiger partial charge in [0.2, 0.25) is 10.0 Å². The molecule has 0 saturated carbocycles. The van der Waals surface area contributed by atoms with Crippen LogP contribution in [0.4, 0.5) is 0 Å². The number of thioether (sulfide) groups is 1. The first kappa shape index (κ1) is 24.9. The van der Waals surface area contributed by atoms with Gasteiger partial charge in [-0.3, -0.25) is 0 Å². The van der Waals surface area contributed by atoms with E-state index in [9.17, 15) is 18.3 Å². The van der Waals surface area contributed by atoms with Crippen LogP contribution in [0.3, 0.4) is 0 Å². The smallest absolute Gasteiger partial charge is 0.335 e. The van der Waals surface area contributed by atoms with Crippen LogP contribution in [0.1, 0.15) is 32.3 Å². The van der Waals surface area contributed by atoms with Crippen molar-refractivity contribution < 1.29 is 32.5 Å². The zero-order chi connectivity index (χ0) is 25.0. The van der Waals surface area contributed by atoms with Crippen LogP contribution in [-0.4, -0.2) is 46.0 Å². The summed E-state index contributed by atoms with van der Waals surface area (Å²) >= 11 is 1.51. The van der Waals surface area contributed by atoms with Crippen molar-refractivity contribution in [1.29, 1.82) is 0 Å². The molecule has 0 aromatic heterocycles. The molecule has 8 nitrogen and oxygen atoms in total. The predicted molar refractivity (Wildman–Crippen MR) is 133 cm³/mol. The number of hydrogen-bond acceptors (Lipinski definition) is 7. The van der Waals surface area contributed by atoms with Crippen molar-refractivity contribution in [1.82, 2.24) is 4.72 Å². The monoisotopic (exact) mass is 515 g/mol. The Bertz CT molecular complexity index is 1340. The Balaban J connectivity index is 1.55. The molecule has 0 fully saturated rings. The number of nitrogens with one attached hydrogen (secondary N) is 1. The maximum Gasteiger partial charge on any atom is 0.335 e. The zero-order valence-corrected chi connectivity index (χ0v) is 20.8. The number of methoxy groups -OCH3 is 2. The van der Waals surface area contributed by atoms with E-state index in [1.807, 2.05) is 24.3 Å². The molecule has 0 spiro atoms. The van der Waals surface area contributed by atoms with Crippen molar-refractivity contribution in [3.05, 3.63) is 82.9 Å². The van der Waals surface area contributed by atoms with Gasteiger partial charge in [-0.25, -0.2) is 17.9 Å². The number of rotatable bonds is 9. The highest BCUT2D eigenvalue weighted by Gasteiger charge is 2.27. The third-order valence-corrected chi connectivity index (χ3v) is 8.36. The molecule has 184 valence electrons. The lowest BCUT2D eigenvalue weighted by atomic mass is 9.98. The van der Waals surface area contributed by atoms with Crippen LogP contribution in [0.2, 0.25) is 0 Å². The maximum atomic E-state index is 13.0. The standard InChI is InChI=1S/C25H25NO7S2/c1-31-18-8-10-22(32-2)23(14-18)35(29,30)26-11-12-34-24-19-6-4-3-5-17(19)15-33-21-9-7-16(25(27)28)13-20(21)24/h3-10,13-14,24,26H,11-12,15H2,1-2H3,(H,27,28). The van der Waals surface area contributed by atoms with Gasteiger partial charge in [-0.1, -0.05) is 24.3 Å². The quantitative estimate of drug-likeness (QED) is 0.410. The van der Waals surface area contributed by atoms with Crippen LogP contribution in [0.15, 0.2) is 65.6 Å². The molecule has 0 radical (unpaired) electrons. The number of carbonyl (C=O) groups is 1. The van der Waals surface area contributed by atoms with Gasteiger partial charge in [0.15, 0.2) is 0 Å². The van der Waals surface area contributed by atoms with E-state index in [-0.39, 0.29) is 28.0 Å². The minimum absolute atomic E-state index is 0.00555. The molecule has 3 aromatic rings. The van der Waals surface area contributed by atoms with Crippen LogP contribution < -0.4 is 18.9 Å². The Kier molecular flexibility index (Phi) is 7.54. The van der Waals surface area contributed by atoms with E-state index >= 15 is 0 Å². The minimum atomic E-state index is -3.86. The van der Waals surface area contributed by atoms with Crippen LogP contribution in [-0.2, 0) is 16.6 Å². The van der Waals surface area contributed by atoms with Crippen LogP contribution in [0.25, 0.3) is 0 Å². The van der Waals surface area contributed by atoms with E-state index in [1.54, 1.807) is 24.3 Å². The Morgan fingerprint density at radius 3 is 2.63 bits per heavy atom. The molecule has 4 rings (SSSR count). The summed E-state index contributed by atoms with van der Waals surface area (Å²) < 4.78 is 44.9. The summed E-state index contributed by atoms with van der Waals surface area (Å²) in [5, 5.41) is 9.26. The second-order valence-electron chi connectivity index (χ2n) is 7.71. The van der Waals surface area contributed by atoms with Gasteiger partial charge in [-0.05, 0) is 41.5 Å². The number of fused-ring (bicyclic) bond motifs is 2. The predicted octanol–water partition coefficient (Wildman–Crippen LogP) is 4.10. The number of aromatic carboxylic acids is 1. The first-order valence-corrected chi connectivity index (χ1v) is 13.3. The molecule has 1 heterocycles. The van der Waals surface area contributed by atoms with Crippen molar-refractivity contribution in [2.45, 2.75) is 16.8 Å². The van der Waals surface area contributed by atoms with Gasteiger partial charge in [0.1, 0.15) is 28.8 Å². The molecule has 0 aliphatic carbocycles. The molecule has 10 heteroatoms. The van der Waals surface area contributed by atoms with Crippen molar-refractivity contribution in [3.8, 4) is 17.2 Å². The van der Waals surface area contributed by atoms with Gasteiger partial charge in [0.05, 0.1) is 25.0 Å². The lowest BCUT2D eigenvalue weighted by Crippen LogP contribution is -2.26. The second kappa shape index (κ2) is 10.6. The van der Waals surface area contributed by atoms with E-state index in [0.29, 0.717) is 23.9 Å². The van der Waals surface area contributed by atoms with Gasteiger partial charge < -0.3 is 19.3 Å². The highest BCUT2D eigenvalue weighted by molar-refractivity contribution is 7.99. The third kappa shape index (κ3) is 5.39. The lowest BCUT2D eigenvalue weighted by molar-refractivity contribution is 0.0696. The molecule has 0 amide bonds. The molecule has 0 saturated heterocycles. The van der Waals surface area contributed by atoms with Crippen molar-refractivity contribution in [3.63, 3.8) is 0 Å². The van der Waals surface area contributed by atoms with Crippen molar-refractivity contribution in [2.24, 2.45) is 0 Å². The Morgan fingerprint density at radius 2 is 1.89 bits per heavy atom. The number of ether oxygens (including phenoxy) is 3. The summed E-state index contributed by atoms with van der Waals surface area (Å²) in [5.74, 6) is 0.651. The molecule has 35 heavy (non-hydrogen) atoms. The largest absolute Gasteiger partial charge is 0.497 e. The molecular weight excluding hydrogens is 490 g/mol. The first-order valence-electron chi connectivity index (χ1n) is 10.7. The normalized spacial score (nSPS) is 14.7. The summed E-state index contributed by atoms with van der Waals surface area (Å²) in [6.07, 6.45) is 0. The number of sulfonamides is 1. The average molecular weight is 516 g/mol. The fourth-order valence-electron chi connectivity index (χ4n) is 3.87. The molecule has 1 atom stereocenters. The summed E-state index contributed by atoms with van der Waals surface area (Å²) in [6, 6.07) is 17.2. The molecule has 1 unspecified atom stereocenters. The number of hydrogen-bond donors (Lipinski definition) is 2. The van der Waals surface area contributed by atoms with Crippen LogP contribution >= 0.6 is 11.8 Å². The molecule has 3 aromatic carbocycles. The zero-order valence-electron chi connectivity index (χ0n) is 19.2. The van der Waals surface area contributed by atoms with Crippen molar-refractivity contribution in [2.75, 3.05) is 26.5 Å². The van der Waals surface area contributed by atoms with Crippen LogP contribution in [0.5, 0.6) is 17.2 Å².